The number of nitrogen functional groups attached to an aromatic ring is 2. The number of carbonyl (C=O) groups is 1. The van der Waals surface area contributed by atoms with Crippen LogP contribution in [0.1, 0.15) is 29.9 Å². The third-order valence-corrected chi connectivity index (χ3v) is 6.11. The van der Waals surface area contributed by atoms with E-state index in [1.807, 2.05) is 36.4 Å². The monoisotopic (exact) mass is 548 g/mol. The molecule has 0 fully saturated rings. The van der Waals surface area contributed by atoms with Gasteiger partial charge in [0, 0.05) is 6.54 Å². The first kappa shape index (κ1) is 27.0. The third kappa shape index (κ3) is 5.91. The maximum Gasteiger partial charge on any atom is 0.404 e. The van der Waals surface area contributed by atoms with Crippen molar-refractivity contribution in [1.29, 1.82) is 5.26 Å². The molecule has 0 spiro atoms. The third-order valence-electron chi connectivity index (χ3n) is 5.79. The SMILES string of the molecule is CC(Nc1nc(N)nc(N)c1C#N)c1nc2cccc(Cl)c2c(=O)n1N(CCNC(=O)O)Cc1ccccc1. The van der Waals surface area contributed by atoms with E-state index in [0.717, 1.165) is 5.56 Å². The molecule has 39 heavy (non-hydrogen) atoms. The Bertz CT molecular complexity index is 1620. The fourth-order valence-corrected chi connectivity index (χ4v) is 4.32. The fourth-order valence-electron chi connectivity index (χ4n) is 4.07. The molecule has 2 aromatic heterocycles. The van der Waals surface area contributed by atoms with Crippen molar-refractivity contribution in [3.05, 3.63) is 80.9 Å². The van der Waals surface area contributed by atoms with E-state index in [4.69, 9.17) is 33.2 Å². The largest absolute Gasteiger partial charge is 0.465 e. The Labute approximate surface area is 227 Å². The zero-order chi connectivity index (χ0) is 28.1. The van der Waals surface area contributed by atoms with E-state index < -0.39 is 17.7 Å². The molecule has 4 rings (SSSR count). The number of nitrogens with two attached hydrogens (primary N) is 2. The van der Waals surface area contributed by atoms with Crippen molar-refractivity contribution in [1.82, 2.24) is 24.9 Å². The number of carboxylic acid groups (broad SMARTS) is 1. The highest BCUT2D eigenvalue weighted by molar-refractivity contribution is 6.35. The van der Waals surface area contributed by atoms with Crippen molar-refractivity contribution < 1.29 is 9.90 Å². The molecule has 14 heteroatoms. The van der Waals surface area contributed by atoms with Crippen LogP contribution in [0.2, 0.25) is 5.02 Å². The summed E-state index contributed by atoms with van der Waals surface area (Å²) in [5.41, 5.74) is 12.4. The molecule has 0 bridgehead atoms. The van der Waals surface area contributed by atoms with E-state index in [1.54, 1.807) is 30.1 Å². The van der Waals surface area contributed by atoms with Crippen molar-refractivity contribution in [3.63, 3.8) is 0 Å². The van der Waals surface area contributed by atoms with Gasteiger partial charge < -0.3 is 32.2 Å². The average Bonchev–Trinajstić information content (AvgIpc) is 2.88. The molecule has 13 nitrogen and oxygen atoms in total. The topological polar surface area (TPSA) is 201 Å². The molecular weight excluding hydrogens is 524 g/mol. The van der Waals surface area contributed by atoms with Crippen molar-refractivity contribution in [2.45, 2.75) is 19.5 Å². The Hall–Kier alpha value is -5.09. The predicted molar refractivity (Wildman–Crippen MR) is 148 cm³/mol. The fraction of sp³-hybridized carbons (Fsp3) is 0.200. The minimum absolute atomic E-state index is 0.0134. The number of aromatic nitrogens is 4. The first-order chi connectivity index (χ1) is 18.7. The second-order valence-electron chi connectivity index (χ2n) is 8.50. The van der Waals surface area contributed by atoms with Gasteiger partial charge in [0.25, 0.3) is 5.56 Å². The van der Waals surface area contributed by atoms with Crippen LogP contribution in [0.5, 0.6) is 0 Å². The molecule has 1 unspecified atom stereocenters. The van der Waals surface area contributed by atoms with E-state index in [0.29, 0.717) is 5.52 Å². The summed E-state index contributed by atoms with van der Waals surface area (Å²) in [7, 11) is 0. The summed E-state index contributed by atoms with van der Waals surface area (Å²) in [4.78, 5) is 37.8. The van der Waals surface area contributed by atoms with Gasteiger partial charge in [-0.3, -0.25) is 4.79 Å². The number of nitrogens with zero attached hydrogens (tertiary/aromatic N) is 6. The molecule has 4 aromatic rings. The molecule has 1 amide bonds. The highest BCUT2D eigenvalue weighted by Crippen LogP contribution is 2.25. The van der Waals surface area contributed by atoms with E-state index in [-0.39, 0.29) is 59.0 Å². The molecular formula is C25H25ClN10O3. The molecule has 1 atom stereocenters. The number of nitriles is 1. The van der Waals surface area contributed by atoms with E-state index in [2.05, 4.69) is 20.6 Å². The normalized spacial score (nSPS) is 11.5. The quantitative estimate of drug-likeness (QED) is 0.205. The molecule has 200 valence electrons. The van der Waals surface area contributed by atoms with Gasteiger partial charge in [0.15, 0.2) is 11.6 Å². The van der Waals surface area contributed by atoms with E-state index in [9.17, 15) is 14.9 Å². The standard InChI is InChI=1S/C25H25ClN10O3/c1-14(31-21-16(12-27)20(28)33-24(29)34-21)22-32-18-9-5-8-17(26)19(18)23(37)36(22)35(11-10-30-25(38)39)13-15-6-3-2-4-7-15/h2-9,14,30H,10-11,13H2,1H3,(H,38,39)(H5,28,29,31,33,34). The van der Waals surface area contributed by atoms with Crippen LogP contribution in [0, 0.1) is 11.3 Å². The lowest BCUT2D eigenvalue weighted by Gasteiger charge is -2.31. The minimum Gasteiger partial charge on any atom is -0.465 e. The van der Waals surface area contributed by atoms with Gasteiger partial charge in [-0.05, 0) is 24.6 Å². The first-order valence-corrected chi connectivity index (χ1v) is 12.1. The second-order valence-corrected chi connectivity index (χ2v) is 8.90. The minimum atomic E-state index is -1.19. The van der Waals surface area contributed by atoms with Crippen LogP contribution in [-0.2, 0) is 6.54 Å². The number of benzene rings is 2. The lowest BCUT2D eigenvalue weighted by molar-refractivity contribution is 0.194. The highest BCUT2D eigenvalue weighted by atomic mass is 35.5. The van der Waals surface area contributed by atoms with Gasteiger partial charge in [-0.15, -0.1) is 0 Å². The van der Waals surface area contributed by atoms with Crippen molar-refractivity contribution >= 4 is 46.2 Å². The van der Waals surface area contributed by atoms with Crippen LogP contribution in [0.3, 0.4) is 0 Å². The van der Waals surface area contributed by atoms with Gasteiger partial charge in [-0.25, -0.2) is 14.5 Å². The number of fused-ring (bicyclic) bond motifs is 1. The molecule has 0 saturated carbocycles. The maximum atomic E-state index is 14.0. The van der Waals surface area contributed by atoms with Crippen LogP contribution in [0.15, 0.2) is 53.3 Å². The molecule has 7 N–H and O–H groups in total. The Morgan fingerprint density at radius 2 is 1.92 bits per heavy atom. The summed E-state index contributed by atoms with van der Waals surface area (Å²) < 4.78 is 1.36. The number of hydrogen-bond acceptors (Lipinski definition) is 10. The summed E-state index contributed by atoms with van der Waals surface area (Å²) >= 11 is 6.42. The lowest BCUT2D eigenvalue weighted by Crippen LogP contribution is -2.48. The zero-order valence-corrected chi connectivity index (χ0v) is 21.6. The van der Waals surface area contributed by atoms with Crippen LogP contribution >= 0.6 is 11.6 Å². The number of anilines is 3. The van der Waals surface area contributed by atoms with E-state index >= 15 is 0 Å². The zero-order valence-electron chi connectivity index (χ0n) is 20.8. The lowest BCUT2D eigenvalue weighted by atomic mass is 10.2. The van der Waals surface area contributed by atoms with Crippen molar-refractivity contribution in [2.75, 3.05) is 34.9 Å². The molecule has 0 aliphatic heterocycles. The Balaban J connectivity index is 1.89. The molecule has 0 radical (unpaired) electrons. The van der Waals surface area contributed by atoms with Crippen LogP contribution in [-0.4, -0.2) is 43.9 Å². The number of amides is 1. The summed E-state index contributed by atoms with van der Waals surface area (Å²) in [6.07, 6.45) is -1.19. The Kier molecular flexibility index (Phi) is 7.97. The van der Waals surface area contributed by atoms with Crippen LogP contribution in [0.4, 0.5) is 22.4 Å². The van der Waals surface area contributed by atoms with Gasteiger partial charge in [-0.1, -0.05) is 48.0 Å². The number of hydrogen-bond donors (Lipinski definition) is 5. The smallest absolute Gasteiger partial charge is 0.404 e. The average molecular weight is 549 g/mol. The molecule has 2 heterocycles. The summed E-state index contributed by atoms with van der Waals surface area (Å²) in [5, 5.41) is 26.2. The van der Waals surface area contributed by atoms with Crippen molar-refractivity contribution in [3.8, 4) is 6.07 Å². The Morgan fingerprint density at radius 3 is 2.62 bits per heavy atom. The Morgan fingerprint density at radius 1 is 1.18 bits per heavy atom. The summed E-state index contributed by atoms with van der Waals surface area (Å²) in [6.45, 7) is 2.11. The molecule has 2 aromatic carbocycles. The van der Waals surface area contributed by atoms with Gasteiger partial charge in [0.2, 0.25) is 5.95 Å². The number of halogens is 1. The molecule has 0 saturated heterocycles. The number of nitrogens with one attached hydrogen (secondary N) is 2. The summed E-state index contributed by atoms with van der Waals surface area (Å²) in [5.74, 6) is 0.0906. The van der Waals surface area contributed by atoms with Crippen molar-refractivity contribution in [2.24, 2.45) is 0 Å². The predicted octanol–water partition coefficient (Wildman–Crippen LogP) is 2.45. The van der Waals surface area contributed by atoms with Crippen LogP contribution < -0.4 is 32.7 Å². The molecule has 0 aliphatic carbocycles. The molecule has 0 aliphatic rings. The highest BCUT2D eigenvalue weighted by Gasteiger charge is 2.24. The first-order valence-electron chi connectivity index (χ1n) is 11.8. The summed E-state index contributed by atoms with van der Waals surface area (Å²) in [6, 6.07) is 15.5. The van der Waals surface area contributed by atoms with Gasteiger partial charge >= 0.3 is 6.09 Å². The van der Waals surface area contributed by atoms with Gasteiger partial charge in [0.05, 0.1) is 35.1 Å². The van der Waals surface area contributed by atoms with E-state index in [1.165, 1.54) is 4.68 Å². The second kappa shape index (κ2) is 11.5. The maximum absolute atomic E-state index is 14.0. The van der Waals surface area contributed by atoms with Gasteiger partial charge in [-0.2, -0.15) is 15.2 Å². The van der Waals surface area contributed by atoms with Crippen LogP contribution in [0.25, 0.3) is 10.9 Å². The number of rotatable bonds is 9. The van der Waals surface area contributed by atoms with Gasteiger partial charge in [0.1, 0.15) is 17.5 Å².